The fourth-order valence-corrected chi connectivity index (χ4v) is 3.61. The number of carbonyl (C=O) groups excluding carboxylic acids is 3. The predicted molar refractivity (Wildman–Crippen MR) is 119 cm³/mol. The number of carbonyl (C=O) groups is 3. The first kappa shape index (κ1) is 23.1. The molecule has 2 aromatic rings. The van der Waals surface area contributed by atoms with Crippen molar-refractivity contribution in [3.8, 4) is 11.5 Å². The summed E-state index contributed by atoms with van der Waals surface area (Å²) in [6.07, 6.45) is 1.14. The van der Waals surface area contributed by atoms with E-state index in [9.17, 15) is 14.4 Å². The molecule has 1 heterocycles. The molecule has 1 aliphatic rings. The number of likely N-dealkylation sites (tertiary alicyclic amines) is 1. The Morgan fingerprint density at radius 1 is 0.938 bits per heavy atom. The molecule has 2 amide bonds. The average molecular weight is 440 g/mol. The number of esters is 1. The standard InChI is InChI=1S/C24H28N2O6/c1-4-32-24(29)17-5-7-19(8-6-17)25-22(27)16-9-11-26(12-10-16)23(28)18-13-20(30-2)15-21(14-18)31-3/h5-8,13-16H,4,9-12H2,1-3H3,(H,25,27). The van der Waals surface area contributed by atoms with Gasteiger partial charge in [-0.1, -0.05) is 0 Å². The van der Waals surface area contributed by atoms with Crippen molar-refractivity contribution in [2.45, 2.75) is 19.8 Å². The number of nitrogens with zero attached hydrogens (tertiary/aromatic N) is 1. The highest BCUT2D eigenvalue weighted by atomic mass is 16.5. The molecule has 0 spiro atoms. The molecule has 0 unspecified atom stereocenters. The average Bonchev–Trinajstić information content (AvgIpc) is 2.83. The molecule has 0 atom stereocenters. The number of anilines is 1. The second kappa shape index (κ2) is 10.7. The minimum absolute atomic E-state index is 0.0935. The van der Waals surface area contributed by atoms with Crippen LogP contribution in [-0.4, -0.2) is 56.6 Å². The Morgan fingerprint density at radius 3 is 2.06 bits per heavy atom. The van der Waals surface area contributed by atoms with Gasteiger partial charge in [-0.15, -0.1) is 0 Å². The number of benzene rings is 2. The molecular weight excluding hydrogens is 412 g/mol. The molecule has 32 heavy (non-hydrogen) atoms. The Labute approximate surface area is 187 Å². The summed E-state index contributed by atoms with van der Waals surface area (Å²) >= 11 is 0. The van der Waals surface area contributed by atoms with Gasteiger partial charge in [0.1, 0.15) is 11.5 Å². The van der Waals surface area contributed by atoms with Crippen LogP contribution in [0.3, 0.4) is 0 Å². The second-order valence-electron chi connectivity index (χ2n) is 7.45. The van der Waals surface area contributed by atoms with Gasteiger partial charge in [-0.25, -0.2) is 4.79 Å². The van der Waals surface area contributed by atoms with Crippen molar-refractivity contribution in [1.29, 1.82) is 0 Å². The molecule has 1 saturated heterocycles. The van der Waals surface area contributed by atoms with Crippen molar-refractivity contribution in [2.24, 2.45) is 5.92 Å². The van der Waals surface area contributed by atoms with Crippen LogP contribution in [0.2, 0.25) is 0 Å². The van der Waals surface area contributed by atoms with E-state index in [1.165, 1.54) is 14.2 Å². The fraction of sp³-hybridized carbons (Fsp3) is 0.375. The molecule has 0 radical (unpaired) electrons. The topological polar surface area (TPSA) is 94.2 Å². The van der Waals surface area contributed by atoms with E-state index in [-0.39, 0.29) is 17.7 Å². The lowest BCUT2D eigenvalue weighted by molar-refractivity contribution is -0.121. The van der Waals surface area contributed by atoms with Crippen LogP contribution in [0, 0.1) is 5.92 Å². The van der Waals surface area contributed by atoms with Crippen molar-refractivity contribution in [2.75, 3.05) is 39.2 Å². The molecule has 1 N–H and O–H groups in total. The maximum absolute atomic E-state index is 12.9. The Balaban J connectivity index is 1.55. The molecule has 1 aliphatic heterocycles. The van der Waals surface area contributed by atoms with Crippen LogP contribution in [0.5, 0.6) is 11.5 Å². The maximum Gasteiger partial charge on any atom is 0.338 e. The lowest BCUT2D eigenvalue weighted by Crippen LogP contribution is -2.41. The molecule has 0 aromatic heterocycles. The third-order valence-corrected chi connectivity index (χ3v) is 5.41. The van der Waals surface area contributed by atoms with Crippen LogP contribution in [-0.2, 0) is 9.53 Å². The van der Waals surface area contributed by atoms with Gasteiger partial charge in [0.05, 0.1) is 26.4 Å². The summed E-state index contributed by atoms with van der Waals surface area (Å²) in [4.78, 5) is 39.0. The minimum Gasteiger partial charge on any atom is -0.497 e. The molecule has 8 heteroatoms. The van der Waals surface area contributed by atoms with Crippen molar-refractivity contribution >= 4 is 23.5 Å². The first-order chi connectivity index (χ1) is 15.4. The smallest absolute Gasteiger partial charge is 0.338 e. The minimum atomic E-state index is -0.393. The molecule has 0 saturated carbocycles. The van der Waals surface area contributed by atoms with Gasteiger partial charge < -0.3 is 24.4 Å². The number of ether oxygens (including phenoxy) is 3. The zero-order valence-corrected chi connectivity index (χ0v) is 18.6. The number of piperidine rings is 1. The first-order valence-corrected chi connectivity index (χ1v) is 10.6. The largest absolute Gasteiger partial charge is 0.497 e. The molecule has 2 aromatic carbocycles. The van der Waals surface area contributed by atoms with Gasteiger partial charge in [-0.2, -0.15) is 0 Å². The summed E-state index contributed by atoms with van der Waals surface area (Å²) in [5, 5.41) is 2.89. The quantitative estimate of drug-likeness (QED) is 0.664. The maximum atomic E-state index is 12.9. The third kappa shape index (κ3) is 5.57. The van der Waals surface area contributed by atoms with Crippen molar-refractivity contribution in [3.05, 3.63) is 53.6 Å². The van der Waals surface area contributed by atoms with E-state index in [1.54, 1.807) is 54.3 Å². The Kier molecular flexibility index (Phi) is 7.70. The molecule has 0 aliphatic carbocycles. The van der Waals surface area contributed by atoms with Crippen LogP contribution in [0.15, 0.2) is 42.5 Å². The van der Waals surface area contributed by atoms with Gasteiger partial charge in [0, 0.05) is 36.3 Å². The van der Waals surface area contributed by atoms with Gasteiger partial charge in [-0.3, -0.25) is 9.59 Å². The van der Waals surface area contributed by atoms with Gasteiger partial charge >= 0.3 is 5.97 Å². The molecular formula is C24H28N2O6. The van der Waals surface area contributed by atoms with Crippen LogP contribution < -0.4 is 14.8 Å². The van der Waals surface area contributed by atoms with Crippen molar-refractivity contribution in [1.82, 2.24) is 4.90 Å². The number of hydrogen-bond donors (Lipinski definition) is 1. The molecule has 3 rings (SSSR count). The van der Waals surface area contributed by atoms with Crippen LogP contribution in [0.1, 0.15) is 40.5 Å². The lowest BCUT2D eigenvalue weighted by atomic mass is 9.95. The number of rotatable bonds is 7. The second-order valence-corrected chi connectivity index (χ2v) is 7.45. The summed E-state index contributed by atoms with van der Waals surface area (Å²) in [5.41, 5.74) is 1.54. The Morgan fingerprint density at radius 2 is 1.53 bits per heavy atom. The molecule has 8 nitrogen and oxygen atoms in total. The summed E-state index contributed by atoms with van der Waals surface area (Å²) in [6, 6.07) is 11.7. The molecule has 1 fully saturated rings. The normalized spacial score (nSPS) is 13.9. The van der Waals surface area contributed by atoms with Gasteiger partial charge in [0.15, 0.2) is 0 Å². The van der Waals surface area contributed by atoms with Crippen LogP contribution >= 0.6 is 0 Å². The third-order valence-electron chi connectivity index (χ3n) is 5.41. The van der Waals surface area contributed by atoms with Crippen LogP contribution in [0.4, 0.5) is 5.69 Å². The van der Waals surface area contributed by atoms with E-state index in [4.69, 9.17) is 14.2 Å². The number of amides is 2. The number of hydrogen-bond acceptors (Lipinski definition) is 6. The van der Waals surface area contributed by atoms with E-state index in [0.717, 1.165) is 0 Å². The monoisotopic (exact) mass is 440 g/mol. The van der Waals surface area contributed by atoms with Gasteiger partial charge in [0.25, 0.3) is 5.91 Å². The Hall–Kier alpha value is -3.55. The highest BCUT2D eigenvalue weighted by molar-refractivity contribution is 5.96. The summed E-state index contributed by atoms with van der Waals surface area (Å²) in [5.74, 6) is 0.311. The lowest BCUT2D eigenvalue weighted by Gasteiger charge is -2.31. The summed E-state index contributed by atoms with van der Waals surface area (Å²) in [7, 11) is 3.08. The zero-order valence-electron chi connectivity index (χ0n) is 18.6. The number of methoxy groups -OCH3 is 2. The molecule has 0 bridgehead atoms. The van der Waals surface area contributed by atoms with Crippen molar-refractivity contribution < 1.29 is 28.6 Å². The SMILES string of the molecule is CCOC(=O)c1ccc(NC(=O)C2CCN(C(=O)c3cc(OC)cc(OC)c3)CC2)cc1. The predicted octanol–water partition coefficient (Wildman–Crippen LogP) is 3.37. The van der Waals surface area contributed by atoms with E-state index < -0.39 is 5.97 Å². The van der Waals surface area contributed by atoms with Crippen molar-refractivity contribution in [3.63, 3.8) is 0 Å². The van der Waals surface area contributed by atoms with E-state index >= 15 is 0 Å². The fourth-order valence-electron chi connectivity index (χ4n) is 3.61. The number of nitrogens with one attached hydrogen (secondary N) is 1. The van der Waals surface area contributed by atoms with Gasteiger partial charge in [-0.05, 0) is 56.2 Å². The van der Waals surface area contributed by atoms with E-state index in [2.05, 4.69) is 5.32 Å². The van der Waals surface area contributed by atoms with Crippen LogP contribution in [0.25, 0.3) is 0 Å². The first-order valence-electron chi connectivity index (χ1n) is 10.6. The zero-order chi connectivity index (χ0) is 23.1. The van der Waals surface area contributed by atoms with Gasteiger partial charge in [0.2, 0.25) is 5.91 Å². The molecule has 170 valence electrons. The highest BCUT2D eigenvalue weighted by Crippen LogP contribution is 2.26. The highest BCUT2D eigenvalue weighted by Gasteiger charge is 2.28. The summed E-state index contributed by atoms with van der Waals surface area (Å²) < 4.78 is 15.4. The summed E-state index contributed by atoms with van der Waals surface area (Å²) in [6.45, 7) is 3.03. The van der Waals surface area contributed by atoms with E-state index in [0.29, 0.717) is 60.9 Å². The van der Waals surface area contributed by atoms with E-state index in [1.807, 2.05) is 0 Å². The Bertz CT molecular complexity index is 943.